The van der Waals surface area contributed by atoms with Crippen molar-refractivity contribution in [1.82, 2.24) is 14.8 Å². The third-order valence-corrected chi connectivity index (χ3v) is 5.42. The quantitative estimate of drug-likeness (QED) is 0.836. The van der Waals surface area contributed by atoms with E-state index in [4.69, 9.17) is 4.98 Å². The highest BCUT2D eigenvalue weighted by atomic mass is 32.1. The Morgan fingerprint density at radius 3 is 2.60 bits per heavy atom. The minimum Gasteiger partial charge on any atom is -0.341 e. The molecule has 0 radical (unpaired) electrons. The molecule has 1 aliphatic rings. The maximum absolute atomic E-state index is 12.5. The molecule has 1 aliphatic heterocycles. The summed E-state index contributed by atoms with van der Waals surface area (Å²) in [4.78, 5) is 21.7. The molecular formula is C20H27N3OS. The summed E-state index contributed by atoms with van der Waals surface area (Å²) < 4.78 is 0. The third kappa shape index (κ3) is 4.67. The summed E-state index contributed by atoms with van der Waals surface area (Å²) >= 11 is 1.70. The van der Waals surface area contributed by atoms with Gasteiger partial charge in [0.2, 0.25) is 5.91 Å². The summed E-state index contributed by atoms with van der Waals surface area (Å²) in [6.07, 6.45) is 1.03. The predicted octanol–water partition coefficient (Wildman–Crippen LogP) is 3.89. The Bertz CT molecular complexity index is 705. The van der Waals surface area contributed by atoms with Gasteiger partial charge in [-0.3, -0.25) is 9.69 Å². The van der Waals surface area contributed by atoms with Gasteiger partial charge in [0.1, 0.15) is 5.01 Å². The van der Waals surface area contributed by atoms with Crippen LogP contribution in [0, 0.1) is 5.41 Å². The highest BCUT2D eigenvalue weighted by molar-refractivity contribution is 7.13. The van der Waals surface area contributed by atoms with E-state index in [1.165, 1.54) is 5.56 Å². The lowest BCUT2D eigenvalue weighted by atomic mass is 9.94. The number of amides is 1. The maximum Gasteiger partial charge on any atom is 0.227 e. The van der Waals surface area contributed by atoms with E-state index in [9.17, 15) is 4.79 Å². The van der Waals surface area contributed by atoms with Gasteiger partial charge >= 0.3 is 0 Å². The molecule has 5 heteroatoms. The van der Waals surface area contributed by atoms with Gasteiger partial charge in [0.15, 0.2) is 0 Å². The summed E-state index contributed by atoms with van der Waals surface area (Å²) in [5.41, 5.74) is 2.00. The van der Waals surface area contributed by atoms with Crippen LogP contribution in [0.2, 0.25) is 0 Å². The second-order valence-electron chi connectivity index (χ2n) is 7.68. The molecule has 25 heavy (non-hydrogen) atoms. The van der Waals surface area contributed by atoms with Crippen LogP contribution in [0.3, 0.4) is 0 Å². The van der Waals surface area contributed by atoms with Crippen LogP contribution < -0.4 is 0 Å². The Kier molecular flexibility index (Phi) is 5.54. The fraction of sp³-hybridized carbons (Fsp3) is 0.500. The van der Waals surface area contributed by atoms with E-state index >= 15 is 0 Å². The van der Waals surface area contributed by atoms with Crippen molar-refractivity contribution in [3.63, 3.8) is 0 Å². The normalized spacial score (nSPS) is 16.7. The molecule has 3 rings (SSSR count). The minimum absolute atomic E-state index is 0.259. The van der Waals surface area contributed by atoms with Crippen LogP contribution in [-0.4, -0.2) is 46.9 Å². The molecule has 4 nitrogen and oxygen atoms in total. The Morgan fingerprint density at radius 1 is 1.12 bits per heavy atom. The van der Waals surface area contributed by atoms with E-state index < -0.39 is 0 Å². The summed E-state index contributed by atoms with van der Waals surface area (Å²) in [5.74, 6) is 0.259. The molecular weight excluding hydrogens is 330 g/mol. The minimum atomic E-state index is -0.297. The topological polar surface area (TPSA) is 36.4 Å². The number of nitrogens with zero attached hydrogens (tertiary/aromatic N) is 3. The molecule has 1 aromatic carbocycles. The molecule has 1 aromatic heterocycles. The van der Waals surface area contributed by atoms with Crippen LogP contribution in [0.5, 0.6) is 0 Å². The lowest BCUT2D eigenvalue weighted by molar-refractivity contribution is -0.139. The number of aromatic nitrogens is 1. The first-order valence-corrected chi connectivity index (χ1v) is 9.83. The van der Waals surface area contributed by atoms with Crippen LogP contribution in [-0.2, 0) is 11.3 Å². The standard InChI is InChI=1S/C20H27N3OS/c1-20(2,3)19(24)23-11-7-10-22(12-13-23)14-17-15-25-18(21-17)16-8-5-4-6-9-16/h4-6,8-9,15H,7,10-14H2,1-3H3. The Balaban J connectivity index is 1.59. The molecule has 0 atom stereocenters. The van der Waals surface area contributed by atoms with E-state index in [-0.39, 0.29) is 11.3 Å². The van der Waals surface area contributed by atoms with E-state index in [2.05, 4.69) is 22.4 Å². The van der Waals surface area contributed by atoms with Crippen molar-refractivity contribution in [3.05, 3.63) is 41.4 Å². The van der Waals surface area contributed by atoms with Crippen LogP contribution in [0.15, 0.2) is 35.7 Å². The van der Waals surface area contributed by atoms with Crippen molar-refractivity contribution < 1.29 is 4.79 Å². The van der Waals surface area contributed by atoms with Crippen LogP contribution in [0.25, 0.3) is 10.6 Å². The van der Waals surface area contributed by atoms with Gasteiger partial charge in [-0.05, 0) is 6.42 Å². The fourth-order valence-electron chi connectivity index (χ4n) is 3.13. The summed E-state index contributed by atoms with van der Waals surface area (Å²) in [6, 6.07) is 10.3. The number of carbonyl (C=O) groups excluding carboxylic acids is 1. The molecule has 0 saturated carbocycles. The zero-order chi connectivity index (χ0) is 17.9. The second-order valence-corrected chi connectivity index (χ2v) is 8.54. The number of thiazole rings is 1. The lowest BCUT2D eigenvalue weighted by Crippen LogP contribution is -2.41. The fourth-order valence-corrected chi connectivity index (χ4v) is 3.95. The van der Waals surface area contributed by atoms with Gasteiger partial charge in [-0.25, -0.2) is 4.98 Å². The summed E-state index contributed by atoms with van der Waals surface area (Å²) in [7, 11) is 0. The van der Waals surface area contributed by atoms with E-state index in [1.54, 1.807) is 11.3 Å². The smallest absolute Gasteiger partial charge is 0.227 e. The molecule has 1 saturated heterocycles. The Morgan fingerprint density at radius 2 is 1.88 bits per heavy atom. The highest BCUT2D eigenvalue weighted by Gasteiger charge is 2.28. The lowest BCUT2D eigenvalue weighted by Gasteiger charge is -2.28. The van der Waals surface area contributed by atoms with Gasteiger partial charge in [0, 0.05) is 49.1 Å². The predicted molar refractivity (Wildman–Crippen MR) is 103 cm³/mol. The van der Waals surface area contributed by atoms with E-state index in [0.29, 0.717) is 0 Å². The van der Waals surface area contributed by atoms with Crippen molar-refractivity contribution in [2.75, 3.05) is 26.2 Å². The Hall–Kier alpha value is -1.72. The number of rotatable bonds is 3. The third-order valence-electron chi connectivity index (χ3n) is 4.48. The SMILES string of the molecule is CC(C)(C)C(=O)N1CCCN(Cc2csc(-c3ccccc3)n2)CC1. The van der Waals surface area contributed by atoms with Gasteiger partial charge in [-0.15, -0.1) is 11.3 Å². The van der Waals surface area contributed by atoms with Crippen molar-refractivity contribution in [1.29, 1.82) is 0 Å². The molecule has 0 N–H and O–H groups in total. The van der Waals surface area contributed by atoms with E-state index in [1.807, 2.05) is 43.9 Å². The highest BCUT2D eigenvalue weighted by Crippen LogP contribution is 2.24. The zero-order valence-corrected chi connectivity index (χ0v) is 16.2. The average Bonchev–Trinajstić information content (AvgIpc) is 2.93. The summed E-state index contributed by atoms with van der Waals surface area (Å²) in [5, 5.41) is 3.24. The second kappa shape index (κ2) is 7.67. The molecule has 134 valence electrons. The van der Waals surface area contributed by atoms with Crippen LogP contribution in [0.1, 0.15) is 32.9 Å². The maximum atomic E-state index is 12.5. The summed E-state index contributed by atoms with van der Waals surface area (Å²) in [6.45, 7) is 10.5. The number of carbonyl (C=O) groups is 1. The zero-order valence-electron chi connectivity index (χ0n) is 15.4. The molecule has 2 heterocycles. The average molecular weight is 358 g/mol. The van der Waals surface area contributed by atoms with Gasteiger partial charge in [-0.2, -0.15) is 0 Å². The van der Waals surface area contributed by atoms with Crippen LogP contribution >= 0.6 is 11.3 Å². The number of hydrogen-bond donors (Lipinski definition) is 0. The van der Waals surface area contributed by atoms with Gasteiger partial charge in [0.25, 0.3) is 0 Å². The Labute approximate surface area is 154 Å². The van der Waals surface area contributed by atoms with Crippen molar-refractivity contribution in [3.8, 4) is 10.6 Å². The van der Waals surface area contributed by atoms with Gasteiger partial charge in [0.05, 0.1) is 5.69 Å². The molecule has 2 aromatic rings. The molecule has 0 unspecified atom stereocenters. The van der Waals surface area contributed by atoms with Crippen molar-refractivity contribution in [2.45, 2.75) is 33.7 Å². The van der Waals surface area contributed by atoms with Gasteiger partial charge in [-0.1, -0.05) is 51.1 Å². The number of hydrogen-bond acceptors (Lipinski definition) is 4. The van der Waals surface area contributed by atoms with Crippen molar-refractivity contribution >= 4 is 17.2 Å². The molecule has 1 fully saturated rings. The van der Waals surface area contributed by atoms with Crippen molar-refractivity contribution in [2.24, 2.45) is 5.41 Å². The largest absolute Gasteiger partial charge is 0.341 e. The monoisotopic (exact) mass is 357 g/mol. The van der Waals surface area contributed by atoms with Crippen LogP contribution in [0.4, 0.5) is 0 Å². The van der Waals surface area contributed by atoms with E-state index in [0.717, 1.165) is 49.8 Å². The first kappa shape index (κ1) is 18.1. The first-order chi connectivity index (χ1) is 11.9. The van der Waals surface area contributed by atoms with Gasteiger partial charge < -0.3 is 4.90 Å². The molecule has 0 aliphatic carbocycles. The number of benzene rings is 1. The molecule has 1 amide bonds. The molecule has 0 bridgehead atoms. The molecule has 0 spiro atoms. The first-order valence-electron chi connectivity index (χ1n) is 8.95.